The van der Waals surface area contributed by atoms with Gasteiger partial charge in [-0.05, 0) is 31.2 Å². The molecular formula is C21H22N2O6. The molecule has 152 valence electrons. The molecule has 8 heteroatoms. The molecule has 4 rings (SSSR count). The van der Waals surface area contributed by atoms with E-state index < -0.39 is 6.10 Å². The van der Waals surface area contributed by atoms with Crippen LogP contribution in [0.1, 0.15) is 13.3 Å². The summed E-state index contributed by atoms with van der Waals surface area (Å²) in [5.74, 6) is 2.34. The Labute approximate surface area is 168 Å². The van der Waals surface area contributed by atoms with Gasteiger partial charge in [-0.25, -0.2) is 0 Å². The third-order valence-electron chi connectivity index (χ3n) is 4.67. The SMILES string of the molecule is CC1Oc2ccccc2N(CCC(=O)NCCOc2ccc3c(c2)OCO3)C1=O. The average molecular weight is 398 g/mol. The first-order chi connectivity index (χ1) is 14.1. The van der Waals surface area contributed by atoms with Crippen LogP contribution in [0.25, 0.3) is 0 Å². The second-order valence-electron chi connectivity index (χ2n) is 6.68. The monoisotopic (exact) mass is 398 g/mol. The lowest BCUT2D eigenvalue weighted by Gasteiger charge is -2.32. The fourth-order valence-corrected chi connectivity index (χ4v) is 3.22. The summed E-state index contributed by atoms with van der Waals surface area (Å²) in [7, 11) is 0. The molecule has 2 aliphatic heterocycles. The van der Waals surface area contributed by atoms with Crippen molar-refractivity contribution in [3.63, 3.8) is 0 Å². The van der Waals surface area contributed by atoms with Gasteiger partial charge in [0.1, 0.15) is 18.1 Å². The summed E-state index contributed by atoms with van der Waals surface area (Å²) < 4.78 is 21.8. The minimum Gasteiger partial charge on any atom is -0.492 e. The van der Waals surface area contributed by atoms with Crippen LogP contribution in [0.2, 0.25) is 0 Å². The van der Waals surface area contributed by atoms with Crippen LogP contribution in [0.4, 0.5) is 5.69 Å². The molecule has 1 atom stereocenters. The van der Waals surface area contributed by atoms with Crippen LogP contribution in [-0.4, -0.2) is 44.4 Å². The number of anilines is 1. The lowest BCUT2D eigenvalue weighted by atomic mass is 10.1. The van der Waals surface area contributed by atoms with E-state index in [0.717, 1.165) is 0 Å². The highest BCUT2D eigenvalue weighted by Crippen LogP contribution is 2.35. The van der Waals surface area contributed by atoms with Crippen LogP contribution < -0.4 is 29.2 Å². The van der Waals surface area contributed by atoms with Gasteiger partial charge in [-0.3, -0.25) is 9.59 Å². The molecule has 2 amide bonds. The van der Waals surface area contributed by atoms with Crippen LogP contribution in [-0.2, 0) is 9.59 Å². The van der Waals surface area contributed by atoms with Gasteiger partial charge in [0, 0.05) is 19.0 Å². The largest absolute Gasteiger partial charge is 0.492 e. The third kappa shape index (κ3) is 4.21. The number of para-hydroxylation sites is 2. The quantitative estimate of drug-likeness (QED) is 0.719. The van der Waals surface area contributed by atoms with Crippen LogP contribution >= 0.6 is 0 Å². The van der Waals surface area contributed by atoms with Crippen molar-refractivity contribution >= 4 is 17.5 Å². The molecule has 2 aliphatic rings. The van der Waals surface area contributed by atoms with E-state index in [4.69, 9.17) is 18.9 Å². The molecule has 0 saturated carbocycles. The number of hydrogen-bond acceptors (Lipinski definition) is 6. The number of benzene rings is 2. The maximum absolute atomic E-state index is 12.4. The van der Waals surface area contributed by atoms with Crippen LogP contribution in [0.15, 0.2) is 42.5 Å². The molecule has 8 nitrogen and oxygen atoms in total. The number of nitrogens with one attached hydrogen (secondary N) is 1. The normalized spacial score (nSPS) is 16.8. The van der Waals surface area contributed by atoms with E-state index in [1.165, 1.54) is 0 Å². The fourth-order valence-electron chi connectivity index (χ4n) is 3.22. The number of carbonyl (C=O) groups is 2. The lowest BCUT2D eigenvalue weighted by Crippen LogP contribution is -2.45. The highest BCUT2D eigenvalue weighted by atomic mass is 16.7. The molecule has 0 saturated heterocycles. The molecule has 0 aliphatic carbocycles. The highest BCUT2D eigenvalue weighted by Gasteiger charge is 2.31. The van der Waals surface area contributed by atoms with Gasteiger partial charge in [0.2, 0.25) is 12.7 Å². The molecule has 1 N–H and O–H groups in total. The van der Waals surface area contributed by atoms with Crippen LogP contribution in [0, 0.1) is 0 Å². The number of fused-ring (bicyclic) bond motifs is 2. The zero-order valence-corrected chi connectivity index (χ0v) is 16.1. The van der Waals surface area contributed by atoms with E-state index in [0.29, 0.717) is 48.4 Å². The smallest absolute Gasteiger partial charge is 0.267 e. The molecular weight excluding hydrogens is 376 g/mol. The van der Waals surface area contributed by atoms with Crippen molar-refractivity contribution in [3.05, 3.63) is 42.5 Å². The van der Waals surface area contributed by atoms with Crippen LogP contribution in [0.3, 0.4) is 0 Å². The first kappa shape index (κ1) is 18.9. The molecule has 0 bridgehead atoms. The molecule has 1 unspecified atom stereocenters. The van der Waals surface area contributed by atoms with Gasteiger partial charge in [0.05, 0.1) is 12.2 Å². The zero-order valence-electron chi connectivity index (χ0n) is 16.1. The van der Waals surface area contributed by atoms with E-state index in [9.17, 15) is 9.59 Å². The molecule has 0 radical (unpaired) electrons. The van der Waals surface area contributed by atoms with E-state index in [1.807, 2.05) is 24.3 Å². The molecule has 0 spiro atoms. The first-order valence-corrected chi connectivity index (χ1v) is 9.48. The number of ether oxygens (including phenoxy) is 4. The summed E-state index contributed by atoms with van der Waals surface area (Å²) in [6.07, 6.45) is -0.375. The summed E-state index contributed by atoms with van der Waals surface area (Å²) >= 11 is 0. The van der Waals surface area contributed by atoms with Gasteiger partial charge in [-0.15, -0.1) is 0 Å². The minimum absolute atomic E-state index is 0.149. The zero-order chi connectivity index (χ0) is 20.2. The third-order valence-corrected chi connectivity index (χ3v) is 4.67. The topological polar surface area (TPSA) is 86.3 Å². The summed E-state index contributed by atoms with van der Waals surface area (Å²) in [6.45, 7) is 2.89. The van der Waals surface area contributed by atoms with Gasteiger partial charge in [0.15, 0.2) is 17.6 Å². The number of amides is 2. The molecule has 0 aromatic heterocycles. The maximum atomic E-state index is 12.4. The van der Waals surface area contributed by atoms with Crippen molar-refractivity contribution in [2.24, 2.45) is 0 Å². The van der Waals surface area contributed by atoms with Gasteiger partial charge in [0.25, 0.3) is 5.91 Å². The van der Waals surface area contributed by atoms with Crippen LogP contribution in [0.5, 0.6) is 23.0 Å². The van der Waals surface area contributed by atoms with E-state index in [1.54, 1.807) is 30.0 Å². The van der Waals surface area contributed by atoms with E-state index >= 15 is 0 Å². The Bertz CT molecular complexity index is 916. The Kier molecular flexibility index (Phi) is 5.41. The van der Waals surface area contributed by atoms with Gasteiger partial charge >= 0.3 is 0 Å². The average Bonchev–Trinajstić information content (AvgIpc) is 3.19. The van der Waals surface area contributed by atoms with E-state index in [2.05, 4.69) is 5.32 Å². The lowest BCUT2D eigenvalue weighted by molar-refractivity contribution is -0.125. The molecule has 2 heterocycles. The Morgan fingerprint density at radius 2 is 2.00 bits per heavy atom. The van der Waals surface area contributed by atoms with Gasteiger partial charge in [-0.2, -0.15) is 0 Å². The van der Waals surface area contributed by atoms with Gasteiger partial charge < -0.3 is 29.2 Å². The van der Waals surface area contributed by atoms with Gasteiger partial charge in [-0.1, -0.05) is 12.1 Å². The fraction of sp³-hybridized carbons (Fsp3) is 0.333. The Morgan fingerprint density at radius 3 is 2.90 bits per heavy atom. The molecule has 0 fully saturated rings. The van der Waals surface area contributed by atoms with E-state index in [-0.39, 0.29) is 25.0 Å². The second-order valence-corrected chi connectivity index (χ2v) is 6.68. The molecule has 2 aromatic carbocycles. The summed E-state index contributed by atoms with van der Waals surface area (Å²) in [5.41, 5.74) is 0.689. The highest BCUT2D eigenvalue weighted by molar-refractivity contribution is 6.00. The molecule has 29 heavy (non-hydrogen) atoms. The predicted octanol–water partition coefficient (Wildman–Crippen LogP) is 2.11. The second kappa shape index (κ2) is 8.30. The van der Waals surface area contributed by atoms with Crippen molar-refractivity contribution in [2.45, 2.75) is 19.4 Å². The number of nitrogens with zero attached hydrogens (tertiary/aromatic N) is 1. The maximum Gasteiger partial charge on any atom is 0.267 e. The number of rotatable bonds is 7. The summed E-state index contributed by atoms with van der Waals surface area (Å²) in [6, 6.07) is 12.7. The van der Waals surface area contributed by atoms with Crippen molar-refractivity contribution in [3.8, 4) is 23.0 Å². The minimum atomic E-state index is -0.567. The van der Waals surface area contributed by atoms with Crippen molar-refractivity contribution in [2.75, 3.05) is 31.4 Å². The number of carbonyl (C=O) groups excluding carboxylic acids is 2. The Hall–Kier alpha value is -3.42. The van der Waals surface area contributed by atoms with Crippen molar-refractivity contribution in [1.82, 2.24) is 5.32 Å². The number of hydrogen-bond donors (Lipinski definition) is 1. The van der Waals surface area contributed by atoms with Crippen molar-refractivity contribution < 1.29 is 28.5 Å². The Morgan fingerprint density at radius 1 is 1.17 bits per heavy atom. The Balaban J connectivity index is 1.23. The first-order valence-electron chi connectivity index (χ1n) is 9.48. The summed E-state index contributed by atoms with van der Waals surface area (Å²) in [5, 5.41) is 2.81. The standard InChI is InChI=1S/C21H22N2O6/c1-14-21(25)23(16-4-2-3-5-17(16)29-14)10-8-20(24)22-9-11-26-15-6-7-18-19(12-15)28-13-27-18/h2-7,12,14H,8-11,13H2,1H3,(H,22,24). The molecule has 2 aromatic rings. The predicted molar refractivity (Wildman–Crippen MR) is 105 cm³/mol. The summed E-state index contributed by atoms with van der Waals surface area (Å²) in [4.78, 5) is 26.2. The van der Waals surface area contributed by atoms with Crippen molar-refractivity contribution in [1.29, 1.82) is 0 Å².